The van der Waals surface area contributed by atoms with Crippen LogP contribution < -0.4 is 0 Å². The first kappa shape index (κ1) is 15.2. The van der Waals surface area contributed by atoms with Gasteiger partial charge in [0.25, 0.3) is 0 Å². The third-order valence-corrected chi connectivity index (χ3v) is 10.5. The molecule has 0 aliphatic heterocycles. The Hall–Kier alpha value is -0.153. The minimum Gasteiger partial charge on any atom is -0.417 e. The van der Waals surface area contributed by atoms with E-state index in [4.69, 9.17) is 4.43 Å². The van der Waals surface area contributed by atoms with E-state index in [0.29, 0.717) is 23.5 Å². The van der Waals surface area contributed by atoms with Gasteiger partial charge in [0, 0.05) is 19.4 Å². The standard InChI is InChI=1S/C16H30O2Si/c1-11-7-12-8-13(17)9-14(12)15(11)10-18-19(5,6)16(2,3)4/h11-12,14-15H,7-10H2,1-6H3/t11-,12-,14+,15+/m1/s1. The molecule has 19 heavy (non-hydrogen) atoms. The molecule has 2 aliphatic carbocycles. The Morgan fingerprint density at radius 1 is 1.26 bits per heavy atom. The van der Waals surface area contributed by atoms with Crippen LogP contribution in [0.15, 0.2) is 0 Å². The Kier molecular flexibility index (Phi) is 4.01. The molecule has 2 aliphatic rings. The van der Waals surface area contributed by atoms with Crippen molar-refractivity contribution in [2.75, 3.05) is 6.61 Å². The zero-order chi connectivity index (χ0) is 14.4. The summed E-state index contributed by atoms with van der Waals surface area (Å²) in [5, 5.41) is 0.278. The highest BCUT2D eigenvalue weighted by Gasteiger charge is 2.47. The van der Waals surface area contributed by atoms with Gasteiger partial charge in [-0.05, 0) is 48.2 Å². The van der Waals surface area contributed by atoms with E-state index < -0.39 is 8.32 Å². The highest BCUT2D eigenvalue weighted by atomic mass is 28.4. The molecule has 4 atom stereocenters. The predicted molar refractivity (Wildman–Crippen MR) is 81.6 cm³/mol. The van der Waals surface area contributed by atoms with Gasteiger partial charge in [-0.15, -0.1) is 0 Å². The van der Waals surface area contributed by atoms with Crippen LogP contribution in [0.4, 0.5) is 0 Å². The van der Waals surface area contributed by atoms with Crippen molar-refractivity contribution in [1.82, 2.24) is 0 Å². The number of carbonyl (C=O) groups is 1. The molecule has 2 fully saturated rings. The quantitative estimate of drug-likeness (QED) is 0.723. The maximum absolute atomic E-state index is 11.6. The number of hydrogen-bond acceptors (Lipinski definition) is 2. The summed E-state index contributed by atoms with van der Waals surface area (Å²) >= 11 is 0. The largest absolute Gasteiger partial charge is 0.417 e. The van der Waals surface area contributed by atoms with E-state index in [1.165, 1.54) is 6.42 Å². The molecular weight excluding hydrogens is 252 g/mol. The SMILES string of the molecule is C[C@@H]1C[C@@H]2CC(=O)C[C@@H]2[C@H]1CO[Si](C)(C)C(C)(C)C. The summed E-state index contributed by atoms with van der Waals surface area (Å²) in [7, 11) is -1.65. The fourth-order valence-corrected chi connectivity index (χ4v) is 4.64. The van der Waals surface area contributed by atoms with Gasteiger partial charge in [0.15, 0.2) is 8.32 Å². The van der Waals surface area contributed by atoms with Crippen LogP contribution in [0.3, 0.4) is 0 Å². The van der Waals surface area contributed by atoms with Crippen LogP contribution >= 0.6 is 0 Å². The summed E-state index contributed by atoms with van der Waals surface area (Å²) in [4.78, 5) is 11.6. The van der Waals surface area contributed by atoms with E-state index in [1.807, 2.05) is 0 Å². The van der Waals surface area contributed by atoms with Gasteiger partial charge in [0.05, 0.1) is 0 Å². The molecule has 3 heteroatoms. The zero-order valence-corrected chi connectivity index (χ0v) is 14.5. The van der Waals surface area contributed by atoms with E-state index in [0.717, 1.165) is 25.4 Å². The molecule has 2 nitrogen and oxygen atoms in total. The van der Waals surface area contributed by atoms with Gasteiger partial charge in [0.2, 0.25) is 0 Å². The molecule has 0 unspecified atom stereocenters. The molecule has 0 aromatic carbocycles. The van der Waals surface area contributed by atoms with Crippen molar-refractivity contribution in [2.45, 2.75) is 65.1 Å². The van der Waals surface area contributed by atoms with Crippen molar-refractivity contribution in [3.63, 3.8) is 0 Å². The van der Waals surface area contributed by atoms with Gasteiger partial charge >= 0.3 is 0 Å². The van der Waals surface area contributed by atoms with Crippen LogP contribution in [0.25, 0.3) is 0 Å². The molecular formula is C16H30O2Si. The number of Topliss-reactive ketones (excluding diaryl/α,β-unsaturated/α-hetero) is 1. The number of fused-ring (bicyclic) bond motifs is 1. The molecule has 0 N–H and O–H groups in total. The summed E-state index contributed by atoms with van der Waals surface area (Å²) in [6.45, 7) is 14.7. The second-order valence-corrected chi connectivity index (χ2v) is 13.1. The van der Waals surface area contributed by atoms with Gasteiger partial charge in [-0.3, -0.25) is 4.79 Å². The lowest BCUT2D eigenvalue weighted by Crippen LogP contribution is -2.42. The second-order valence-electron chi connectivity index (χ2n) is 8.32. The molecule has 2 saturated carbocycles. The van der Waals surface area contributed by atoms with Gasteiger partial charge in [-0.2, -0.15) is 0 Å². The minimum absolute atomic E-state index is 0.278. The molecule has 0 aromatic heterocycles. The average Bonchev–Trinajstić information content (AvgIpc) is 2.69. The van der Waals surface area contributed by atoms with Gasteiger partial charge < -0.3 is 4.43 Å². The van der Waals surface area contributed by atoms with E-state index in [2.05, 4.69) is 40.8 Å². The van der Waals surface area contributed by atoms with Crippen molar-refractivity contribution >= 4 is 14.1 Å². The first-order chi connectivity index (χ1) is 8.62. The predicted octanol–water partition coefficient (Wildman–Crippen LogP) is 4.26. The second kappa shape index (κ2) is 4.99. The monoisotopic (exact) mass is 282 g/mol. The maximum atomic E-state index is 11.6. The summed E-state index contributed by atoms with van der Waals surface area (Å²) in [6, 6.07) is 0. The van der Waals surface area contributed by atoms with Crippen molar-refractivity contribution in [3.8, 4) is 0 Å². The molecule has 0 spiro atoms. The van der Waals surface area contributed by atoms with Crippen molar-refractivity contribution < 1.29 is 9.22 Å². The number of carbonyl (C=O) groups excluding carboxylic acids is 1. The van der Waals surface area contributed by atoms with E-state index in [9.17, 15) is 4.79 Å². The van der Waals surface area contributed by atoms with Crippen LogP contribution in [0.2, 0.25) is 18.1 Å². The van der Waals surface area contributed by atoms with Crippen LogP contribution in [0, 0.1) is 23.7 Å². The third-order valence-electron chi connectivity index (χ3n) is 5.96. The lowest BCUT2D eigenvalue weighted by Gasteiger charge is -2.38. The molecule has 0 heterocycles. The minimum atomic E-state index is -1.65. The summed E-state index contributed by atoms with van der Waals surface area (Å²) in [5.41, 5.74) is 0. The first-order valence-electron chi connectivity index (χ1n) is 7.77. The van der Waals surface area contributed by atoms with E-state index in [-0.39, 0.29) is 5.04 Å². The molecule has 0 bridgehead atoms. The number of ketones is 1. The highest BCUT2D eigenvalue weighted by molar-refractivity contribution is 6.74. The molecule has 0 amide bonds. The Balaban J connectivity index is 1.97. The summed E-state index contributed by atoms with van der Waals surface area (Å²) < 4.78 is 6.42. The van der Waals surface area contributed by atoms with Crippen LogP contribution in [0.5, 0.6) is 0 Å². The number of rotatable bonds is 3. The Morgan fingerprint density at radius 3 is 2.47 bits per heavy atom. The summed E-state index contributed by atoms with van der Waals surface area (Å²) in [5.74, 6) is 3.11. The average molecular weight is 282 g/mol. The van der Waals surface area contributed by atoms with Gasteiger partial charge in [-0.1, -0.05) is 27.7 Å². The van der Waals surface area contributed by atoms with Crippen LogP contribution in [-0.4, -0.2) is 20.7 Å². The normalized spacial score (nSPS) is 35.8. The molecule has 0 saturated heterocycles. The Morgan fingerprint density at radius 2 is 1.89 bits per heavy atom. The molecule has 0 aromatic rings. The van der Waals surface area contributed by atoms with Gasteiger partial charge in [-0.25, -0.2) is 0 Å². The number of hydrogen-bond donors (Lipinski definition) is 0. The van der Waals surface area contributed by atoms with Crippen LogP contribution in [0.1, 0.15) is 47.0 Å². The lowest BCUT2D eigenvalue weighted by molar-refractivity contribution is -0.118. The van der Waals surface area contributed by atoms with Crippen molar-refractivity contribution in [2.24, 2.45) is 23.7 Å². The Bertz CT molecular complexity index is 356. The van der Waals surface area contributed by atoms with Crippen molar-refractivity contribution in [3.05, 3.63) is 0 Å². The van der Waals surface area contributed by atoms with E-state index in [1.54, 1.807) is 0 Å². The lowest BCUT2D eigenvalue weighted by atomic mass is 9.89. The van der Waals surface area contributed by atoms with Gasteiger partial charge in [0.1, 0.15) is 5.78 Å². The molecule has 110 valence electrons. The highest BCUT2D eigenvalue weighted by Crippen LogP contribution is 2.50. The fraction of sp³-hybridized carbons (Fsp3) is 0.938. The molecule has 0 radical (unpaired) electrons. The topological polar surface area (TPSA) is 26.3 Å². The molecule has 2 rings (SSSR count). The Labute approximate surface area is 119 Å². The zero-order valence-electron chi connectivity index (χ0n) is 13.5. The first-order valence-corrected chi connectivity index (χ1v) is 10.7. The fourth-order valence-electron chi connectivity index (χ4n) is 3.60. The van der Waals surface area contributed by atoms with Crippen LogP contribution in [-0.2, 0) is 9.22 Å². The van der Waals surface area contributed by atoms with Crippen molar-refractivity contribution in [1.29, 1.82) is 0 Å². The third kappa shape index (κ3) is 2.97. The summed E-state index contributed by atoms with van der Waals surface area (Å²) in [6.07, 6.45) is 2.90. The van der Waals surface area contributed by atoms with E-state index >= 15 is 0 Å². The smallest absolute Gasteiger partial charge is 0.191 e. The maximum Gasteiger partial charge on any atom is 0.191 e.